The monoisotopic (exact) mass is 1090 g/mol. The molecule has 0 saturated carbocycles. The number of nitrogens with two attached hydrogens (primary N) is 2. The fraction of sp³-hybridized carbons (Fsp3) is 0.0323. The second-order valence-electron chi connectivity index (χ2n) is 17.7. The van der Waals surface area contributed by atoms with Gasteiger partial charge in [0.15, 0.2) is 23.1 Å². The SMILES string of the molecule is Nc1ccc2cc(C(F)(F)F)ccc2c1.Nc1ccccc1.O=C1c2cccc(Cl)c2C(=O)c2cccc(Cl)c21.O=C1c2cccc(Nc3ccc4cc(C(F)(F)F)ccc4c3)c2C(=O)c2cccc(Nc3ccccc3)c21. The van der Waals surface area contributed by atoms with Crippen LogP contribution in [0.1, 0.15) is 74.8 Å². The van der Waals surface area contributed by atoms with E-state index in [2.05, 4.69) is 10.6 Å². The summed E-state index contributed by atoms with van der Waals surface area (Å²) in [4.78, 5) is 52.0. The number of fused-ring (bicyclic) bond motifs is 6. The summed E-state index contributed by atoms with van der Waals surface area (Å²) in [5.74, 6) is -1.07. The van der Waals surface area contributed by atoms with Gasteiger partial charge in [-0.3, -0.25) is 19.2 Å². The number of hydrogen-bond acceptors (Lipinski definition) is 8. The van der Waals surface area contributed by atoms with Gasteiger partial charge in [-0.1, -0.05) is 132 Å². The first kappa shape index (κ1) is 53.6. The first-order valence-corrected chi connectivity index (χ1v) is 24.4. The first-order chi connectivity index (χ1) is 37.3. The van der Waals surface area contributed by atoms with Crippen molar-refractivity contribution in [3.05, 3.63) is 272 Å². The van der Waals surface area contributed by atoms with Gasteiger partial charge in [0.05, 0.1) is 54.8 Å². The average molecular weight is 1090 g/mol. The molecular weight excluding hydrogens is 1050 g/mol. The van der Waals surface area contributed by atoms with Gasteiger partial charge in [-0.15, -0.1) is 0 Å². The zero-order chi connectivity index (χ0) is 55.5. The van der Waals surface area contributed by atoms with Crippen LogP contribution >= 0.6 is 23.2 Å². The second kappa shape index (κ2) is 22.2. The van der Waals surface area contributed by atoms with Crippen molar-refractivity contribution < 1.29 is 45.5 Å². The van der Waals surface area contributed by atoms with Crippen LogP contribution in [-0.2, 0) is 12.4 Å². The van der Waals surface area contributed by atoms with Gasteiger partial charge in [-0.05, 0) is 119 Å². The molecule has 10 aromatic carbocycles. The molecule has 2 aliphatic carbocycles. The Kier molecular flexibility index (Phi) is 15.2. The van der Waals surface area contributed by atoms with Gasteiger partial charge in [0.1, 0.15) is 0 Å². The standard InChI is InChI=1S/C31H19F3N2O2.C14H6Cl2O2.C11H8F3N.C6H7N/c32-31(33,34)20-14-12-19-17-22(15-13-18(19)16-20)36-26-11-5-9-24-28(26)30(38)23-8-4-10-25(27(23)29(24)37)35-21-6-2-1-3-7-21;15-9-5-1-3-7-11(9)14(18)8-4-2-6-10(16)12(8)13(7)17;12-11(13,14)9-3-1-8-6-10(15)4-2-7(8)5-9;7-6-4-2-1-3-5-6/h1-17,35-36H;1-6H;1-6H,15H2;1-5H,7H2. The number of alkyl halides is 6. The molecule has 0 bridgehead atoms. The number of carbonyl (C=O) groups excluding carboxylic acids is 4. The Morgan fingerprint density at radius 3 is 1.15 bits per heavy atom. The summed E-state index contributed by atoms with van der Waals surface area (Å²) in [5.41, 5.74) is 15.6. The predicted molar refractivity (Wildman–Crippen MR) is 296 cm³/mol. The number of benzene rings is 10. The number of nitrogen functional groups attached to an aromatic ring is 2. The van der Waals surface area contributed by atoms with E-state index in [0.29, 0.717) is 66.5 Å². The molecular formula is C62H40Cl2F6N4O4. The van der Waals surface area contributed by atoms with Crippen molar-refractivity contribution in [1.82, 2.24) is 0 Å². The van der Waals surface area contributed by atoms with Gasteiger partial charge >= 0.3 is 12.4 Å². The number of anilines is 6. The second-order valence-corrected chi connectivity index (χ2v) is 18.5. The molecule has 10 aromatic rings. The first-order valence-electron chi connectivity index (χ1n) is 23.7. The van der Waals surface area contributed by atoms with Crippen molar-refractivity contribution in [2.75, 3.05) is 22.1 Å². The van der Waals surface area contributed by atoms with Crippen molar-refractivity contribution in [1.29, 1.82) is 0 Å². The minimum Gasteiger partial charge on any atom is -0.399 e. The highest BCUT2D eigenvalue weighted by Gasteiger charge is 2.35. The van der Waals surface area contributed by atoms with Crippen molar-refractivity contribution in [2.24, 2.45) is 0 Å². The Morgan fingerprint density at radius 1 is 0.333 bits per heavy atom. The van der Waals surface area contributed by atoms with Crippen LogP contribution in [0.2, 0.25) is 10.0 Å². The molecule has 0 aromatic heterocycles. The van der Waals surface area contributed by atoms with Crippen LogP contribution in [0.5, 0.6) is 0 Å². The number of nitrogens with one attached hydrogen (secondary N) is 2. The Labute approximate surface area is 451 Å². The molecule has 8 nitrogen and oxygen atoms in total. The summed E-state index contributed by atoms with van der Waals surface area (Å²) in [5, 5.41) is 9.31. The van der Waals surface area contributed by atoms with Crippen LogP contribution in [-0.4, -0.2) is 23.1 Å². The molecule has 0 radical (unpaired) electrons. The van der Waals surface area contributed by atoms with E-state index in [-0.39, 0.29) is 55.4 Å². The number of para-hydroxylation sites is 2. The number of ketones is 4. The van der Waals surface area contributed by atoms with E-state index >= 15 is 0 Å². The predicted octanol–water partition coefficient (Wildman–Crippen LogP) is 16.6. The van der Waals surface area contributed by atoms with E-state index in [0.717, 1.165) is 35.6 Å². The number of carbonyl (C=O) groups is 4. The average Bonchev–Trinajstić information content (AvgIpc) is 3.52. The Hall–Kier alpha value is -9.24. The topological polar surface area (TPSA) is 144 Å². The van der Waals surface area contributed by atoms with E-state index in [1.807, 2.05) is 60.7 Å². The lowest BCUT2D eigenvalue weighted by Crippen LogP contribution is -2.23. The van der Waals surface area contributed by atoms with Crippen LogP contribution in [0.15, 0.2) is 206 Å². The maximum absolute atomic E-state index is 13.7. The lowest BCUT2D eigenvalue weighted by molar-refractivity contribution is -0.138. The minimum atomic E-state index is -4.42. The quantitative estimate of drug-likeness (QED) is 0.101. The third-order valence-electron chi connectivity index (χ3n) is 12.5. The Bertz CT molecular complexity index is 3920. The Balaban J connectivity index is 0.000000151. The highest BCUT2D eigenvalue weighted by molar-refractivity contribution is 6.42. The van der Waals surface area contributed by atoms with Crippen LogP contribution in [0.25, 0.3) is 21.5 Å². The van der Waals surface area contributed by atoms with Gasteiger partial charge < -0.3 is 22.1 Å². The minimum absolute atomic E-state index is 0.257. The number of halogens is 8. The highest BCUT2D eigenvalue weighted by Crippen LogP contribution is 2.39. The van der Waals surface area contributed by atoms with Crippen molar-refractivity contribution >= 4 is 102 Å². The highest BCUT2D eigenvalue weighted by atomic mass is 35.5. The molecule has 0 atom stereocenters. The van der Waals surface area contributed by atoms with Crippen LogP contribution in [0.3, 0.4) is 0 Å². The van der Waals surface area contributed by atoms with Gasteiger partial charge in [0, 0.05) is 45.0 Å². The lowest BCUT2D eigenvalue weighted by atomic mass is 9.82. The maximum Gasteiger partial charge on any atom is 0.416 e. The summed E-state index contributed by atoms with van der Waals surface area (Å²) in [7, 11) is 0. The van der Waals surface area contributed by atoms with E-state index in [9.17, 15) is 45.5 Å². The third kappa shape index (κ3) is 11.5. The van der Waals surface area contributed by atoms with Crippen LogP contribution in [0, 0.1) is 0 Å². The molecule has 0 aliphatic heterocycles. The van der Waals surface area contributed by atoms with E-state index in [1.165, 1.54) is 12.1 Å². The number of rotatable bonds is 4. The molecule has 0 spiro atoms. The van der Waals surface area contributed by atoms with Crippen LogP contribution < -0.4 is 22.1 Å². The van der Waals surface area contributed by atoms with Crippen LogP contribution in [0.4, 0.5) is 60.5 Å². The van der Waals surface area contributed by atoms with E-state index in [4.69, 9.17) is 34.7 Å². The molecule has 0 fully saturated rings. The number of hydrogen-bond donors (Lipinski definition) is 4. The molecule has 388 valence electrons. The fourth-order valence-corrected chi connectivity index (χ4v) is 9.35. The van der Waals surface area contributed by atoms with Gasteiger partial charge in [0.25, 0.3) is 0 Å². The van der Waals surface area contributed by atoms with Crippen molar-refractivity contribution in [2.45, 2.75) is 12.4 Å². The molecule has 16 heteroatoms. The molecule has 0 unspecified atom stereocenters. The van der Waals surface area contributed by atoms with E-state index < -0.39 is 23.5 Å². The molecule has 6 N–H and O–H groups in total. The molecule has 0 saturated heterocycles. The third-order valence-corrected chi connectivity index (χ3v) is 13.2. The summed E-state index contributed by atoms with van der Waals surface area (Å²) in [6.07, 6.45) is -8.72. The zero-order valence-electron chi connectivity index (χ0n) is 40.4. The molecule has 12 rings (SSSR count). The maximum atomic E-state index is 13.7. The largest absolute Gasteiger partial charge is 0.416 e. The van der Waals surface area contributed by atoms with Gasteiger partial charge in [-0.2, -0.15) is 26.3 Å². The normalized spacial score (nSPS) is 12.3. The Morgan fingerprint density at radius 2 is 0.705 bits per heavy atom. The molecule has 0 heterocycles. The molecule has 78 heavy (non-hydrogen) atoms. The lowest BCUT2D eigenvalue weighted by Gasteiger charge is -2.23. The smallest absolute Gasteiger partial charge is 0.399 e. The fourth-order valence-electron chi connectivity index (χ4n) is 8.83. The summed E-state index contributed by atoms with van der Waals surface area (Å²) in [6, 6.07) is 55.6. The summed E-state index contributed by atoms with van der Waals surface area (Å²) < 4.78 is 76.3. The van der Waals surface area contributed by atoms with E-state index in [1.54, 1.807) is 109 Å². The van der Waals surface area contributed by atoms with Gasteiger partial charge in [0.2, 0.25) is 0 Å². The molecule has 0 amide bonds. The summed E-state index contributed by atoms with van der Waals surface area (Å²) in [6.45, 7) is 0. The van der Waals surface area contributed by atoms with Crippen molar-refractivity contribution in [3.8, 4) is 0 Å². The zero-order valence-corrected chi connectivity index (χ0v) is 42.0. The van der Waals surface area contributed by atoms with Gasteiger partial charge in [-0.25, -0.2) is 0 Å². The summed E-state index contributed by atoms with van der Waals surface area (Å²) >= 11 is 12.0. The molecule has 2 aliphatic rings. The van der Waals surface area contributed by atoms with Crippen molar-refractivity contribution in [3.63, 3.8) is 0 Å².